The summed E-state index contributed by atoms with van der Waals surface area (Å²) in [7, 11) is 0. The van der Waals surface area contributed by atoms with Gasteiger partial charge in [0.25, 0.3) is 5.91 Å². The molecule has 2 N–H and O–H groups in total. The van der Waals surface area contributed by atoms with Crippen LogP contribution in [0.5, 0.6) is 0 Å². The molecule has 0 aliphatic rings. The maximum absolute atomic E-state index is 12.3. The summed E-state index contributed by atoms with van der Waals surface area (Å²) in [6.07, 6.45) is -0.936. The molecular formula is C26H26N2O5. The van der Waals surface area contributed by atoms with Crippen LogP contribution in [0.2, 0.25) is 0 Å². The van der Waals surface area contributed by atoms with E-state index in [0.29, 0.717) is 11.3 Å². The predicted molar refractivity (Wildman–Crippen MR) is 126 cm³/mol. The SMILES string of the molecule is CC(OC(=O)CCNC(=O)CCC(=O)c1ccccc1)C(=O)Nc1ccc2ccccc2c1. The second-order valence-corrected chi connectivity index (χ2v) is 7.57. The fourth-order valence-corrected chi connectivity index (χ4v) is 3.21. The minimum Gasteiger partial charge on any atom is -0.452 e. The Morgan fingerprint density at radius 1 is 0.818 bits per heavy atom. The number of amides is 2. The number of ketones is 1. The Balaban J connectivity index is 1.35. The number of Topliss-reactive ketones (excluding diaryl/α,β-unsaturated/α-hetero) is 1. The number of carbonyl (C=O) groups excluding carboxylic acids is 4. The zero-order valence-corrected chi connectivity index (χ0v) is 18.4. The number of fused-ring (bicyclic) bond motifs is 1. The van der Waals surface area contributed by atoms with E-state index < -0.39 is 18.0 Å². The van der Waals surface area contributed by atoms with Crippen LogP contribution in [-0.4, -0.2) is 36.2 Å². The monoisotopic (exact) mass is 446 g/mol. The lowest BCUT2D eigenvalue weighted by Crippen LogP contribution is -2.32. The minimum atomic E-state index is -0.983. The van der Waals surface area contributed by atoms with Crippen LogP contribution in [0.3, 0.4) is 0 Å². The lowest BCUT2D eigenvalue weighted by atomic mass is 10.1. The van der Waals surface area contributed by atoms with Crippen LogP contribution in [0.1, 0.15) is 36.5 Å². The van der Waals surface area contributed by atoms with Gasteiger partial charge in [-0.05, 0) is 29.8 Å². The van der Waals surface area contributed by atoms with Crippen LogP contribution in [-0.2, 0) is 19.1 Å². The predicted octanol–water partition coefficient (Wildman–Crippen LogP) is 3.88. The number of ether oxygens (including phenoxy) is 1. The third-order valence-electron chi connectivity index (χ3n) is 5.02. The average Bonchev–Trinajstić information content (AvgIpc) is 2.83. The fraction of sp³-hybridized carbons (Fsp3) is 0.231. The maximum Gasteiger partial charge on any atom is 0.308 e. The highest BCUT2D eigenvalue weighted by Crippen LogP contribution is 2.19. The van der Waals surface area contributed by atoms with Gasteiger partial charge >= 0.3 is 5.97 Å². The summed E-state index contributed by atoms with van der Waals surface area (Å²) in [6.45, 7) is 1.55. The Hall–Kier alpha value is -4.00. The zero-order chi connectivity index (χ0) is 23.6. The number of rotatable bonds is 10. The van der Waals surface area contributed by atoms with E-state index in [0.717, 1.165) is 10.8 Å². The molecule has 0 bridgehead atoms. The van der Waals surface area contributed by atoms with Crippen molar-refractivity contribution in [2.24, 2.45) is 0 Å². The standard InChI is InChI=1S/C26H26N2O5/c1-18(26(32)28-22-12-11-19-7-5-6-10-21(19)17-22)33-25(31)15-16-27-24(30)14-13-23(29)20-8-3-2-4-9-20/h2-12,17-18H,13-16H2,1H3,(H,27,30)(H,28,32). The molecule has 1 atom stereocenters. The summed E-state index contributed by atoms with van der Waals surface area (Å²) in [5.41, 5.74) is 1.17. The van der Waals surface area contributed by atoms with E-state index in [4.69, 9.17) is 4.74 Å². The van der Waals surface area contributed by atoms with E-state index in [9.17, 15) is 19.2 Å². The van der Waals surface area contributed by atoms with Gasteiger partial charge in [-0.2, -0.15) is 0 Å². The molecule has 33 heavy (non-hydrogen) atoms. The lowest BCUT2D eigenvalue weighted by molar-refractivity contribution is -0.153. The van der Waals surface area contributed by atoms with E-state index in [1.807, 2.05) is 42.5 Å². The van der Waals surface area contributed by atoms with Gasteiger partial charge in [0.05, 0.1) is 6.42 Å². The van der Waals surface area contributed by atoms with E-state index >= 15 is 0 Å². The highest BCUT2D eigenvalue weighted by atomic mass is 16.5. The van der Waals surface area contributed by atoms with Gasteiger partial charge in [0, 0.05) is 30.6 Å². The Bertz CT molecular complexity index is 1140. The first-order chi connectivity index (χ1) is 15.9. The Morgan fingerprint density at radius 3 is 2.27 bits per heavy atom. The number of benzene rings is 3. The van der Waals surface area contributed by atoms with Crippen molar-refractivity contribution < 1.29 is 23.9 Å². The van der Waals surface area contributed by atoms with Crippen molar-refractivity contribution in [1.29, 1.82) is 0 Å². The van der Waals surface area contributed by atoms with Crippen molar-refractivity contribution >= 4 is 40.0 Å². The minimum absolute atomic E-state index is 0.0351. The molecule has 7 nitrogen and oxygen atoms in total. The molecular weight excluding hydrogens is 420 g/mol. The first-order valence-corrected chi connectivity index (χ1v) is 10.8. The molecule has 170 valence electrons. The molecule has 0 fully saturated rings. The van der Waals surface area contributed by atoms with Crippen LogP contribution in [0.15, 0.2) is 72.8 Å². The van der Waals surface area contributed by atoms with E-state index in [2.05, 4.69) is 10.6 Å². The highest BCUT2D eigenvalue weighted by Gasteiger charge is 2.18. The number of hydrogen-bond donors (Lipinski definition) is 2. The van der Waals surface area contributed by atoms with Crippen LogP contribution < -0.4 is 10.6 Å². The summed E-state index contributed by atoms with van der Waals surface area (Å²) in [5, 5.41) is 7.37. The molecule has 3 rings (SSSR count). The first kappa shape index (κ1) is 23.7. The quantitative estimate of drug-likeness (QED) is 0.364. The van der Waals surface area contributed by atoms with Crippen molar-refractivity contribution in [2.45, 2.75) is 32.3 Å². The smallest absolute Gasteiger partial charge is 0.308 e. The summed E-state index contributed by atoms with van der Waals surface area (Å²) in [6, 6.07) is 22.1. The fourth-order valence-electron chi connectivity index (χ4n) is 3.21. The van der Waals surface area contributed by atoms with Crippen molar-refractivity contribution in [3.05, 3.63) is 78.4 Å². The van der Waals surface area contributed by atoms with E-state index in [-0.39, 0.29) is 37.5 Å². The maximum atomic E-state index is 12.3. The number of hydrogen-bond acceptors (Lipinski definition) is 5. The summed E-state index contributed by atoms with van der Waals surface area (Å²) in [5.74, 6) is -1.48. The number of esters is 1. The van der Waals surface area contributed by atoms with Gasteiger partial charge in [-0.1, -0.05) is 60.7 Å². The molecule has 2 amide bonds. The largest absolute Gasteiger partial charge is 0.452 e. The third kappa shape index (κ3) is 7.28. The second kappa shape index (κ2) is 11.6. The topological polar surface area (TPSA) is 102 Å². The van der Waals surface area contributed by atoms with Gasteiger partial charge in [0.1, 0.15) is 0 Å². The molecule has 7 heteroatoms. The molecule has 3 aromatic carbocycles. The van der Waals surface area contributed by atoms with Crippen molar-refractivity contribution in [1.82, 2.24) is 5.32 Å². The molecule has 0 aliphatic carbocycles. The highest BCUT2D eigenvalue weighted by molar-refractivity contribution is 5.98. The van der Waals surface area contributed by atoms with Gasteiger partial charge in [-0.3, -0.25) is 19.2 Å². The Morgan fingerprint density at radius 2 is 1.52 bits per heavy atom. The van der Waals surface area contributed by atoms with E-state index in [1.54, 1.807) is 30.3 Å². The molecule has 3 aromatic rings. The lowest BCUT2D eigenvalue weighted by Gasteiger charge is -2.14. The van der Waals surface area contributed by atoms with Gasteiger partial charge in [0.15, 0.2) is 11.9 Å². The molecule has 0 aliphatic heterocycles. The van der Waals surface area contributed by atoms with E-state index in [1.165, 1.54) is 6.92 Å². The number of carbonyl (C=O) groups is 4. The molecule has 1 unspecified atom stereocenters. The second-order valence-electron chi connectivity index (χ2n) is 7.57. The zero-order valence-electron chi connectivity index (χ0n) is 18.4. The third-order valence-corrected chi connectivity index (χ3v) is 5.02. The number of anilines is 1. The Labute approximate surface area is 192 Å². The number of nitrogens with one attached hydrogen (secondary N) is 2. The van der Waals surface area contributed by atoms with Crippen LogP contribution in [0.25, 0.3) is 10.8 Å². The van der Waals surface area contributed by atoms with Gasteiger partial charge in [-0.15, -0.1) is 0 Å². The Kier molecular flexibility index (Phi) is 8.30. The van der Waals surface area contributed by atoms with Crippen LogP contribution in [0, 0.1) is 0 Å². The average molecular weight is 447 g/mol. The van der Waals surface area contributed by atoms with Gasteiger partial charge < -0.3 is 15.4 Å². The van der Waals surface area contributed by atoms with Crippen LogP contribution >= 0.6 is 0 Å². The normalized spacial score (nSPS) is 11.4. The van der Waals surface area contributed by atoms with Gasteiger partial charge in [-0.25, -0.2) is 0 Å². The van der Waals surface area contributed by atoms with Gasteiger partial charge in [0.2, 0.25) is 5.91 Å². The first-order valence-electron chi connectivity index (χ1n) is 10.8. The summed E-state index contributed by atoms with van der Waals surface area (Å²) >= 11 is 0. The molecule has 0 aromatic heterocycles. The molecule has 0 saturated heterocycles. The van der Waals surface area contributed by atoms with Crippen LogP contribution in [0.4, 0.5) is 5.69 Å². The molecule has 0 saturated carbocycles. The van der Waals surface area contributed by atoms with Crippen molar-refractivity contribution in [3.63, 3.8) is 0 Å². The molecule has 0 radical (unpaired) electrons. The van der Waals surface area contributed by atoms with Crippen molar-refractivity contribution in [2.75, 3.05) is 11.9 Å². The molecule has 0 spiro atoms. The summed E-state index contributed by atoms with van der Waals surface area (Å²) < 4.78 is 5.15. The summed E-state index contributed by atoms with van der Waals surface area (Å²) in [4.78, 5) is 48.3. The van der Waals surface area contributed by atoms with Crippen molar-refractivity contribution in [3.8, 4) is 0 Å². The molecule has 0 heterocycles.